The Morgan fingerprint density at radius 3 is 2.75 bits per heavy atom. The maximum Gasteiger partial charge on any atom is 0.224 e. The summed E-state index contributed by atoms with van der Waals surface area (Å²) in [5.41, 5.74) is 2.16. The van der Waals surface area contributed by atoms with Crippen molar-refractivity contribution < 1.29 is 4.79 Å². The molecule has 1 aliphatic rings. The van der Waals surface area contributed by atoms with Crippen LogP contribution in [0.2, 0.25) is 0 Å². The van der Waals surface area contributed by atoms with Gasteiger partial charge in [-0.05, 0) is 32.3 Å². The van der Waals surface area contributed by atoms with E-state index in [1.165, 1.54) is 11.8 Å². The van der Waals surface area contributed by atoms with Gasteiger partial charge in [0.1, 0.15) is 0 Å². The molecule has 1 fully saturated rings. The quantitative estimate of drug-likeness (QED) is 0.861. The topological polar surface area (TPSA) is 38.1 Å². The summed E-state index contributed by atoms with van der Waals surface area (Å²) in [5, 5.41) is 5.73. The van der Waals surface area contributed by atoms with E-state index in [4.69, 9.17) is 0 Å². The van der Waals surface area contributed by atoms with Crippen molar-refractivity contribution in [2.45, 2.75) is 39.2 Å². The van der Waals surface area contributed by atoms with Crippen LogP contribution in [0.25, 0.3) is 10.9 Å². The molecule has 1 aromatic heterocycles. The van der Waals surface area contributed by atoms with Crippen LogP contribution in [0.3, 0.4) is 0 Å². The summed E-state index contributed by atoms with van der Waals surface area (Å²) in [5.74, 6) is 0.266. The molecule has 4 heteroatoms. The van der Waals surface area contributed by atoms with E-state index in [1.807, 2.05) is 28.6 Å². The lowest BCUT2D eigenvalue weighted by Crippen LogP contribution is -2.36. The first-order valence-corrected chi connectivity index (χ1v) is 7.45. The number of piperidine rings is 1. The van der Waals surface area contributed by atoms with Crippen molar-refractivity contribution in [2.75, 3.05) is 13.1 Å². The fraction of sp³-hybridized carbons (Fsp3) is 0.500. The zero-order chi connectivity index (χ0) is 13.9. The van der Waals surface area contributed by atoms with Crippen molar-refractivity contribution in [1.82, 2.24) is 14.7 Å². The third-order valence-corrected chi connectivity index (χ3v) is 4.09. The summed E-state index contributed by atoms with van der Waals surface area (Å²) in [6.07, 6.45) is 4.10. The molecule has 1 aliphatic heterocycles. The first kappa shape index (κ1) is 13.2. The largest absolute Gasteiger partial charge is 0.343 e. The maximum absolute atomic E-state index is 12.2. The molecule has 0 aliphatic carbocycles. The summed E-state index contributed by atoms with van der Waals surface area (Å²) in [7, 11) is 0. The number of rotatable bonds is 3. The number of likely N-dealkylation sites (tertiary alicyclic amines) is 1. The van der Waals surface area contributed by atoms with Crippen molar-refractivity contribution in [1.29, 1.82) is 0 Å². The van der Waals surface area contributed by atoms with E-state index in [-0.39, 0.29) is 5.91 Å². The van der Waals surface area contributed by atoms with E-state index in [2.05, 4.69) is 17.2 Å². The smallest absolute Gasteiger partial charge is 0.224 e. The second-order valence-corrected chi connectivity index (χ2v) is 5.52. The van der Waals surface area contributed by atoms with Crippen LogP contribution in [0, 0.1) is 6.92 Å². The molecule has 1 saturated heterocycles. The van der Waals surface area contributed by atoms with E-state index in [0.29, 0.717) is 13.0 Å². The van der Waals surface area contributed by atoms with Crippen LogP contribution in [0.1, 0.15) is 31.4 Å². The summed E-state index contributed by atoms with van der Waals surface area (Å²) in [6.45, 7) is 4.55. The number of amides is 1. The number of hydrogen-bond donors (Lipinski definition) is 0. The predicted octanol–water partition coefficient (Wildman–Crippen LogP) is 2.75. The molecule has 0 spiro atoms. The van der Waals surface area contributed by atoms with Gasteiger partial charge >= 0.3 is 0 Å². The van der Waals surface area contributed by atoms with Gasteiger partial charge in [0.15, 0.2) is 0 Å². The van der Waals surface area contributed by atoms with Crippen LogP contribution in [0.15, 0.2) is 24.3 Å². The van der Waals surface area contributed by atoms with Crippen LogP contribution in [0.5, 0.6) is 0 Å². The number of carbonyl (C=O) groups is 1. The molecule has 0 saturated carbocycles. The van der Waals surface area contributed by atoms with Crippen molar-refractivity contribution in [2.24, 2.45) is 0 Å². The molecular formula is C16H21N3O. The highest BCUT2D eigenvalue weighted by Gasteiger charge is 2.16. The molecule has 0 radical (unpaired) electrons. The molecule has 3 rings (SSSR count). The van der Waals surface area contributed by atoms with Gasteiger partial charge in [-0.25, -0.2) is 0 Å². The van der Waals surface area contributed by atoms with Gasteiger partial charge in [0.05, 0.1) is 17.8 Å². The summed E-state index contributed by atoms with van der Waals surface area (Å²) in [4.78, 5) is 14.2. The van der Waals surface area contributed by atoms with Gasteiger partial charge in [0, 0.05) is 24.9 Å². The zero-order valence-corrected chi connectivity index (χ0v) is 12.0. The highest BCUT2D eigenvalue weighted by molar-refractivity contribution is 5.82. The Bertz CT molecular complexity index is 611. The Morgan fingerprint density at radius 1 is 1.20 bits per heavy atom. The molecular weight excluding hydrogens is 250 g/mol. The van der Waals surface area contributed by atoms with Gasteiger partial charge < -0.3 is 4.90 Å². The lowest BCUT2D eigenvalue weighted by Gasteiger charge is -2.26. The van der Waals surface area contributed by atoms with Crippen LogP contribution in [-0.2, 0) is 11.3 Å². The predicted molar refractivity (Wildman–Crippen MR) is 79.5 cm³/mol. The number of para-hydroxylation sites is 1. The number of carbonyl (C=O) groups excluding carboxylic acids is 1. The van der Waals surface area contributed by atoms with E-state index in [9.17, 15) is 4.79 Å². The molecule has 106 valence electrons. The fourth-order valence-corrected chi connectivity index (χ4v) is 2.97. The Hall–Kier alpha value is -1.84. The lowest BCUT2D eigenvalue weighted by molar-refractivity contribution is -0.132. The second kappa shape index (κ2) is 5.65. The molecule has 20 heavy (non-hydrogen) atoms. The first-order valence-electron chi connectivity index (χ1n) is 7.45. The molecule has 1 amide bonds. The molecule has 2 aromatic rings. The second-order valence-electron chi connectivity index (χ2n) is 5.52. The Balaban J connectivity index is 1.69. The van der Waals surface area contributed by atoms with Gasteiger partial charge in [-0.3, -0.25) is 9.48 Å². The molecule has 0 bridgehead atoms. The first-order chi connectivity index (χ1) is 9.75. The van der Waals surface area contributed by atoms with Gasteiger partial charge in [0.2, 0.25) is 5.91 Å². The van der Waals surface area contributed by atoms with Gasteiger partial charge in [0.25, 0.3) is 0 Å². The van der Waals surface area contributed by atoms with Crippen LogP contribution < -0.4 is 0 Å². The molecule has 2 heterocycles. The average Bonchev–Trinajstić information content (AvgIpc) is 2.83. The fourth-order valence-electron chi connectivity index (χ4n) is 2.97. The van der Waals surface area contributed by atoms with E-state index >= 15 is 0 Å². The minimum absolute atomic E-state index is 0.266. The molecule has 0 N–H and O–H groups in total. The molecule has 0 atom stereocenters. The average molecular weight is 271 g/mol. The van der Waals surface area contributed by atoms with E-state index in [1.54, 1.807) is 0 Å². The monoisotopic (exact) mass is 271 g/mol. The summed E-state index contributed by atoms with van der Waals surface area (Å²) >= 11 is 0. The van der Waals surface area contributed by atoms with Crippen molar-refractivity contribution in [3.8, 4) is 0 Å². The minimum Gasteiger partial charge on any atom is -0.343 e. The molecule has 0 unspecified atom stereocenters. The summed E-state index contributed by atoms with van der Waals surface area (Å²) < 4.78 is 1.96. The van der Waals surface area contributed by atoms with E-state index < -0.39 is 0 Å². The van der Waals surface area contributed by atoms with Crippen LogP contribution in [-0.4, -0.2) is 33.7 Å². The van der Waals surface area contributed by atoms with Gasteiger partial charge in [-0.15, -0.1) is 0 Å². The van der Waals surface area contributed by atoms with Gasteiger partial charge in [-0.2, -0.15) is 5.10 Å². The minimum atomic E-state index is 0.266. The van der Waals surface area contributed by atoms with E-state index in [0.717, 1.165) is 37.1 Å². The highest BCUT2D eigenvalue weighted by atomic mass is 16.2. The number of aromatic nitrogens is 2. The molecule has 4 nitrogen and oxygen atoms in total. The van der Waals surface area contributed by atoms with Crippen molar-refractivity contribution >= 4 is 16.8 Å². The SMILES string of the molecule is Cc1nn(CCC(=O)N2CCCCC2)c2ccccc12. The number of fused-ring (bicyclic) bond motifs is 1. The van der Waals surface area contributed by atoms with Crippen LogP contribution >= 0.6 is 0 Å². The standard InChI is InChI=1S/C16H21N3O/c1-13-14-7-3-4-8-15(14)19(17-13)12-9-16(20)18-10-5-2-6-11-18/h3-4,7-8H,2,5-6,9-12H2,1H3. The lowest BCUT2D eigenvalue weighted by atomic mass is 10.1. The highest BCUT2D eigenvalue weighted by Crippen LogP contribution is 2.18. The maximum atomic E-state index is 12.2. The third-order valence-electron chi connectivity index (χ3n) is 4.09. The van der Waals surface area contributed by atoms with Gasteiger partial charge in [-0.1, -0.05) is 18.2 Å². The van der Waals surface area contributed by atoms with Crippen molar-refractivity contribution in [3.63, 3.8) is 0 Å². The number of aryl methyl sites for hydroxylation is 2. The Labute approximate surface area is 119 Å². The van der Waals surface area contributed by atoms with Crippen molar-refractivity contribution in [3.05, 3.63) is 30.0 Å². The number of nitrogens with zero attached hydrogens (tertiary/aromatic N) is 3. The van der Waals surface area contributed by atoms with Crippen LogP contribution in [0.4, 0.5) is 0 Å². The normalized spacial score (nSPS) is 15.8. The number of benzene rings is 1. The third kappa shape index (κ3) is 2.55. The molecule has 1 aromatic carbocycles. The Morgan fingerprint density at radius 2 is 1.95 bits per heavy atom. The zero-order valence-electron chi connectivity index (χ0n) is 12.0. The Kier molecular flexibility index (Phi) is 3.72. The number of hydrogen-bond acceptors (Lipinski definition) is 2. The summed E-state index contributed by atoms with van der Waals surface area (Å²) in [6, 6.07) is 8.20.